The molecular weight excluding hydrogens is 238 g/mol. The Bertz CT molecular complexity index is 457. The predicted octanol–water partition coefficient (Wildman–Crippen LogP) is 1.14. The zero-order chi connectivity index (χ0) is 12.9. The number of hydrogen-bond acceptors (Lipinski definition) is 3. The number of aliphatic hydroxyl groups is 1. The number of aryl methyl sites for hydroxylation is 1. The molecule has 0 aliphatic heterocycles. The Labute approximate surface area is 103 Å². The summed E-state index contributed by atoms with van der Waals surface area (Å²) in [5, 5.41) is 8.84. The van der Waals surface area contributed by atoms with Gasteiger partial charge in [0.2, 0.25) is 10.0 Å². The summed E-state index contributed by atoms with van der Waals surface area (Å²) in [5.41, 5.74) is 1.82. The average molecular weight is 257 g/mol. The van der Waals surface area contributed by atoms with Crippen LogP contribution in [-0.4, -0.2) is 37.5 Å². The molecule has 0 saturated heterocycles. The quantitative estimate of drug-likeness (QED) is 0.831. The number of aliphatic hydroxyl groups excluding tert-OH is 1. The van der Waals surface area contributed by atoms with Crippen molar-refractivity contribution in [3.05, 3.63) is 35.4 Å². The fourth-order valence-corrected chi connectivity index (χ4v) is 3.25. The first-order valence-corrected chi connectivity index (χ1v) is 7.24. The largest absolute Gasteiger partial charge is 0.395 e. The highest BCUT2D eigenvalue weighted by molar-refractivity contribution is 7.88. The fourth-order valence-electron chi connectivity index (χ4n) is 1.71. The Kier molecular flexibility index (Phi) is 5.11. The zero-order valence-electron chi connectivity index (χ0n) is 10.3. The Morgan fingerprint density at radius 3 is 2.59 bits per heavy atom. The highest BCUT2D eigenvalue weighted by Crippen LogP contribution is 2.12. The second-order valence-electron chi connectivity index (χ2n) is 3.96. The smallest absolute Gasteiger partial charge is 0.218 e. The van der Waals surface area contributed by atoms with Gasteiger partial charge in [0, 0.05) is 13.1 Å². The molecule has 0 bridgehead atoms. The van der Waals surface area contributed by atoms with Crippen molar-refractivity contribution < 1.29 is 13.5 Å². The van der Waals surface area contributed by atoms with Crippen molar-refractivity contribution >= 4 is 10.0 Å². The lowest BCUT2D eigenvalue weighted by Gasteiger charge is -2.19. The lowest BCUT2D eigenvalue weighted by molar-refractivity contribution is 0.257. The van der Waals surface area contributed by atoms with Crippen LogP contribution in [0.25, 0.3) is 0 Å². The minimum absolute atomic E-state index is 0.0114. The Balaban J connectivity index is 2.85. The van der Waals surface area contributed by atoms with E-state index in [0.29, 0.717) is 6.54 Å². The number of hydrogen-bond donors (Lipinski definition) is 1. The minimum atomic E-state index is -3.33. The summed E-state index contributed by atoms with van der Waals surface area (Å²) in [6.07, 6.45) is 0. The molecule has 1 rings (SSSR count). The van der Waals surface area contributed by atoms with Gasteiger partial charge in [-0.05, 0) is 12.5 Å². The van der Waals surface area contributed by atoms with E-state index < -0.39 is 10.0 Å². The lowest BCUT2D eigenvalue weighted by Crippen LogP contribution is -2.34. The van der Waals surface area contributed by atoms with Crippen LogP contribution in [0.1, 0.15) is 18.1 Å². The van der Waals surface area contributed by atoms with Gasteiger partial charge in [-0.25, -0.2) is 8.42 Å². The standard InChI is InChI=1S/C12H19NO3S/c1-3-13(7-8-14)17(15,16)10-12-6-4-5-11(2)9-12/h4-6,9,14H,3,7-8,10H2,1-2H3. The number of nitrogens with zero attached hydrogens (tertiary/aromatic N) is 1. The summed E-state index contributed by atoms with van der Waals surface area (Å²) in [6.45, 7) is 4.09. The Morgan fingerprint density at radius 2 is 2.06 bits per heavy atom. The highest BCUT2D eigenvalue weighted by atomic mass is 32.2. The molecule has 0 amide bonds. The van der Waals surface area contributed by atoms with Gasteiger partial charge in [-0.2, -0.15) is 4.31 Å². The van der Waals surface area contributed by atoms with Crippen LogP contribution >= 0.6 is 0 Å². The number of sulfonamides is 1. The summed E-state index contributed by atoms with van der Waals surface area (Å²) < 4.78 is 25.4. The van der Waals surface area contributed by atoms with Gasteiger partial charge in [-0.3, -0.25) is 0 Å². The minimum Gasteiger partial charge on any atom is -0.395 e. The molecule has 0 aromatic heterocycles. The van der Waals surface area contributed by atoms with Crippen molar-refractivity contribution in [2.75, 3.05) is 19.7 Å². The van der Waals surface area contributed by atoms with Crippen molar-refractivity contribution in [2.45, 2.75) is 19.6 Å². The van der Waals surface area contributed by atoms with Crippen LogP contribution in [0.5, 0.6) is 0 Å². The summed E-state index contributed by atoms with van der Waals surface area (Å²) >= 11 is 0. The molecule has 4 nitrogen and oxygen atoms in total. The average Bonchev–Trinajstić information content (AvgIpc) is 2.24. The van der Waals surface area contributed by atoms with Gasteiger partial charge in [0.1, 0.15) is 0 Å². The molecular formula is C12H19NO3S. The SMILES string of the molecule is CCN(CCO)S(=O)(=O)Cc1cccc(C)c1. The van der Waals surface area contributed by atoms with E-state index in [0.717, 1.165) is 11.1 Å². The van der Waals surface area contributed by atoms with E-state index in [2.05, 4.69) is 0 Å². The van der Waals surface area contributed by atoms with Gasteiger partial charge in [0.05, 0.1) is 12.4 Å². The fraction of sp³-hybridized carbons (Fsp3) is 0.500. The van der Waals surface area contributed by atoms with Gasteiger partial charge in [0.25, 0.3) is 0 Å². The number of rotatable bonds is 6. The van der Waals surface area contributed by atoms with Crippen LogP contribution in [0.15, 0.2) is 24.3 Å². The molecule has 1 aromatic rings. The third-order valence-electron chi connectivity index (χ3n) is 2.53. The van der Waals surface area contributed by atoms with Crippen LogP contribution in [0.2, 0.25) is 0 Å². The van der Waals surface area contributed by atoms with E-state index >= 15 is 0 Å². The molecule has 17 heavy (non-hydrogen) atoms. The molecule has 1 aromatic carbocycles. The molecule has 0 saturated carbocycles. The Morgan fingerprint density at radius 1 is 1.35 bits per heavy atom. The molecule has 0 unspecified atom stereocenters. The normalized spacial score (nSPS) is 12.0. The highest BCUT2D eigenvalue weighted by Gasteiger charge is 2.20. The van der Waals surface area contributed by atoms with E-state index in [4.69, 9.17) is 5.11 Å². The van der Waals surface area contributed by atoms with E-state index in [9.17, 15) is 8.42 Å². The van der Waals surface area contributed by atoms with Crippen LogP contribution < -0.4 is 0 Å². The summed E-state index contributed by atoms with van der Waals surface area (Å²) in [7, 11) is -3.33. The van der Waals surface area contributed by atoms with E-state index in [1.807, 2.05) is 25.1 Å². The van der Waals surface area contributed by atoms with Crippen molar-refractivity contribution in [3.8, 4) is 0 Å². The first-order valence-electron chi connectivity index (χ1n) is 5.64. The van der Waals surface area contributed by atoms with Crippen LogP contribution in [0, 0.1) is 6.92 Å². The third-order valence-corrected chi connectivity index (χ3v) is 4.45. The first-order chi connectivity index (χ1) is 7.99. The van der Waals surface area contributed by atoms with Crippen molar-refractivity contribution in [3.63, 3.8) is 0 Å². The van der Waals surface area contributed by atoms with Gasteiger partial charge in [-0.1, -0.05) is 36.8 Å². The molecule has 0 aliphatic carbocycles. The van der Waals surface area contributed by atoms with Gasteiger partial charge in [-0.15, -0.1) is 0 Å². The summed E-state index contributed by atoms with van der Waals surface area (Å²) in [5.74, 6) is -0.0114. The van der Waals surface area contributed by atoms with Crippen LogP contribution in [-0.2, 0) is 15.8 Å². The maximum atomic E-state index is 12.0. The predicted molar refractivity (Wildman–Crippen MR) is 68.1 cm³/mol. The number of benzene rings is 1. The molecule has 0 fully saturated rings. The Hall–Kier alpha value is -0.910. The summed E-state index contributed by atoms with van der Waals surface area (Å²) in [6, 6.07) is 7.45. The van der Waals surface area contributed by atoms with E-state index in [1.54, 1.807) is 13.0 Å². The topological polar surface area (TPSA) is 57.6 Å². The second-order valence-corrected chi connectivity index (χ2v) is 5.93. The molecule has 0 radical (unpaired) electrons. The maximum Gasteiger partial charge on any atom is 0.218 e. The van der Waals surface area contributed by atoms with Gasteiger partial charge < -0.3 is 5.11 Å². The molecule has 0 atom stereocenters. The van der Waals surface area contributed by atoms with Crippen molar-refractivity contribution in [1.82, 2.24) is 4.31 Å². The zero-order valence-corrected chi connectivity index (χ0v) is 11.1. The van der Waals surface area contributed by atoms with Crippen LogP contribution in [0.4, 0.5) is 0 Å². The lowest BCUT2D eigenvalue weighted by atomic mass is 10.2. The first kappa shape index (κ1) is 14.2. The van der Waals surface area contributed by atoms with Crippen molar-refractivity contribution in [1.29, 1.82) is 0 Å². The summed E-state index contributed by atoms with van der Waals surface area (Å²) in [4.78, 5) is 0. The molecule has 0 aliphatic rings. The maximum absolute atomic E-state index is 12.0. The second kappa shape index (κ2) is 6.14. The molecule has 1 N–H and O–H groups in total. The monoisotopic (exact) mass is 257 g/mol. The van der Waals surface area contributed by atoms with E-state index in [1.165, 1.54) is 4.31 Å². The third kappa shape index (κ3) is 4.11. The molecule has 0 spiro atoms. The molecule has 5 heteroatoms. The van der Waals surface area contributed by atoms with E-state index in [-0.39, 0.29) is 18.9 Å². The van der Waals surface area contributed by atoms with Crippen molar-refractivity contribution in [2.24, 2.45) is 0 Å². The molecule has 96 valence electrons. The van der Waals surface area contributed by atoms with Crippen LogP contribution in [0.3, 0.4) is 0 Å². The number of likely N-dealkylation sites (N-methyl/N-ethyl adjacent to an activating group) is 1. The van der Waals surface area contributed by atoms with Gasteiger partial charge in [0.15, 0.2) is 0 Å². The molecule has 0 heterocycles. The van der Waals surface area contributed by atoms with Gasteiger partial charge >= 0.3 is 0 Å².